The number of carboxylic acids is 1. The van der Waals surface area contributed by atoms with Gasteiger partial charge in [0.2, 0.25) is 0 Å². The van der Waals surface area contributed by atoms with Gasteiger partial charge in [-0.2, -0.15) is 0 Å². The quantitative estimate of drug-likeness (QED) is 0.0277. The SMILES string of the molecule is CCCCC/C=C\CCCCCCCC(=O)OCC(COCCC(C(=O)[O-])[N+](C)(C)C)OC(=O)CCCCCCC/C=C\CCCCCCC. The molecule has 0 N–H and O–H groups in total. The highest BCUT2D eigenvalue weighted by Crippen LogP contribution is 2.13. The van der Waals surface area contributed by atoms with Crippen molar-refractivity contribution in [2.45, 2.75) is 187 Å². The Bertz CT molecular complexity index is 880. The molecule has 0 saturated heterocycles. The van der Waals surface area contributed by atoms with E-state index in [1.54, 1.807) is 21.1 Å². The third-order valence-electron chi connectivity index (χ3n) is 9.06. The van der Waals surface area contributed by atoms with Gasteiger partial charge in [0, 0.05) is 19.3 Å². The summed E-state index contributed by atoms with van der Waals surface area (Å²) in [6.45, 7) is 4.60. The van der Waals surface area contributed by atoms with Gasteiger partial charge < -0.3 is 28.6 Å². The van der Waals surface area contributed by atoms with Crippen LogP contribution in [-0.2, 0) is 28.6 Å². The van der Waals surface area contributed by atoms with Crippen LogP contribution in [0, 0.1) is 0 Å². The number of hydrogen-bond donors (Lipinski definition) is 0. The van der Waals surface area contributed by atoms with E-state index in [-0.39, 0.29) is 42.7 Å². The van der Waals surface area contributed by atoms with Gasteiger partial charge in [0.1, 0.15) is 12.6 Å². The zero-order valence-corrected chi connectivity index (χ0v) is 33.1. The highest BCUT2D eigenvalue weighted by atomic mass is 16.6. The summed E-state index contributed by atoms with van der Waals surface area (Å²) in [6, 6.07) is -0.725. The van der Waals surface area contributed by atoms with Crippen LogP contribution >= 0.6 is 0 Å². The number of unbranched alkanes of at least 4 members (excludes halogenated alkanes) is 18. The molecule has 50 heavy (non-hydrogen) atoms. The summed E-state index contributed by atoms with van der Waals surface area (Å²) in [5.41, 5.74) is 0. The number of carboxylic acid groups (broad SMARTS) is 1. The lowest BCUT2D eigenvalue weighted by Gasteiger charge is -2.34. The summed E-state index contributed by atoms with van der Waals surface area (Å²) in [5, 5.41) is 11.6. The molecule has 0 spiro atoms. The molecule has 8 nitrogen and oxygen atoms in total. The molecule has 0 aromatic heterocycles. The molecule has 0 aliphatic carbocycles. The van der Waals surface area contributed by atoms with E-state index < -0.39 is 18.1 Å². The van der Waals surface area contributed by atoms with E-state index in [0.717, 1.165) is 64.2 Å². The molecular formula is C42H77NO7. The number of rotatable bonds is 36. The highest BCUT2D eigenvalue weighted by Gasteiger charge is 2.25. The highest BCUT2D eigenvalue weighted by molar-refractivity contribution is 5.70. The Morgan fingerprint density at radius 2 is 1.00 bits per heavy atom. The first-order valence-electron chi connectivity index (χ1n) is 20.4. The molecule has 0 saturated carbocycles. The molecule has 0 radical (unpaired) electrons. The fraction of sp³-hybridized carbons (Fsp3) is 0.833. The van der Waals surface area contributed by atoms with Gasteiger partial charge >= 0.3 is 11.9 Å². The van der Waals surface area contributed by atoms with Crippen LogP contribution < -0.4 is 5.11 Å². The van der Waals surface area contributed by atoms with E-state index >= 15 is 0 Å². The molecule has 0 rings (SSSR count). The fourth-order valence-electron chi connectivity index (χ4n) is 5.82. The van der Waals surface area contributed by atoms with Crippen molar-refractivity contribution < 1.29 is 38.2 Å². The zero-order chi connectivity index (χ0) is 37.1. The van der Waals surface area contributed by atoms with E-state index in [1.165, 1.54) is 77.0 Å². The molecule has 2 atom stereocenters. The first-order chi connectivity index (χ1) is 24.1. The normalized spacial score (nSPS) is 13.2. The van der Waals surface area contributed by atoms with Gasteiger partial charge in [-0.1, -0.05) is 115 Å². The maximum absolute atomic E-state index is 12.7. The molecule has 0 bridgehead atoms. The molecule has 0 heterocycles. The lowest BCUT2D eigenvalue weighted by Crippen LogP contribution is -2.55. The number of ether oxygens (including phenoxy) is 3. The number of nitrogens with zero attached hydrogens (tertiary/aromatic N) is 1. The van der Waals surface area contributed by atoms with Crippen LogP contribution in [0.15, 0.2) is 24.3 Å². The minimum absolute atomic E-state index is 0.0369. The molecule has 0 fully saturated rings. The number of allylic oxidation sites excluding steroid dienone is 4. The van der Waals surface area contributed by atoms with Crippen molar-refractivity contribution in [3.8, 4) is 0 Å². The number of carbonyl (C=O) groups excluding carboxylic acids is 3. The Balaban J connectivity index is 4.42. The van der Waals surface area contributed by atoms with E-state index in [4.69, 9.17) is 14.2 Å². The molecular weight excluding hydrogens is 630 g/mol. The largest absolute Gasteiger partial charge is 0.544 e. The first kappa shape index (κ1) is 47.8. The standard InChI is InChI=1S/C42H77NO7/c1-6-8-10-12-14-16-18-20-21-23-25-27-29-31-33-41(45)50-38(36-48-35-34-39(42(46)47)43(3,4)5)37-49-40(44)32-30-28-26-24-22-19-17-15-13-11-9-7-2/h15,17-18,20,38-39H,6-14,16,19,21-37H2,1-5H3/b17-15-,20-18-. The van der Waals surface area contributed by atoms with E-state index in [9.17, 15) is 19.5 Å². The summed E-state index contributed by atoms with van der Waals surface area (Å²) >= 11 is 0. The van der Waals surface area contributed by atoms with Crippen molar-refractivity contribution in [3.05, 3.63) is 24.3 Å². The molecule has 292 valence electrons. The average Bonchev–Trinajstić information content (AvgIpc) is 3.06. The lowest BCUT2D eigenvalue weighted by atomic mass is 10.1. The minimum Gasteiger partial charge on any atom is -0.544 e. The van der Waals surface area contributed by atoms with Crippen LogP contribution in [0.4, 0.5) is 0 Å². The number of hydrogen-bond acceptors (Lipinski definition) is 7. The lowest BCUT2D eigenvalue weighted by molar-refractivity contribution is -0.889. The number of esters is 2. The first-order valence-corrected chi connectivity index (χ1v) is 20.4. The van der Waals surface area contributed by atoms with Crippen molar-refractivity contribution in [1.82, 2.24) is 0 Å². The molecule has 0 aliphatic heterocycles. The Morgan fingerprint density at radius 1 is 0.580 bits per heavy atom. The minimum atomic E-state index is -1.13. The van der Waals surface area contributed by atoms with Crippen LogP contribution in [0.2, 0.25) is 0 Å². The van der Waals surface area contributed by atoms with Crippen LogP contribution in [0.5, 0.6) is 0 Å². The zero-order valence-electron chi connectivity index (χ0n) is 33.1. The second-order valence-corrected chi connectivity index (χ2v) is 14.9. The molecule has 0 aromatic rings. The monoisotopic (exact) mass is 708 g/mol. The Labute approximate surface area is 307 Å². The van der Waals surface area contributed by atoms with Crippen LogP contribution in [0.1, 0.15) is 174 Å². The number of quaternary nitrogens is 1. The Morgan fingerprint density at radius 3 is 1.48 bits per heavy atom. The van der Waals surface area contributed by atoms with Gasteiger partial charge in [-0.05, 0) is 64.2 Å². The Kier molecular flexibility index (Phi) is 32.4. The van der Waals surface area contributed by atoms with Crippen molar-refractivity contribution >= 4 is 17.9 Å². The van der Waals surface area contributed by atoms with Gasteiger partial charge in [-0.15, -0.1) is 0 Å². The molecule has 0 aliphatic rings. The summed E-state index contributed by atoms with van der Waals surface area (Å²) in [7, 11) is 5.39. The van der Waals surface area contributed by atoms with Crippen molar-refractivity contribution in [2.24, 2.45) is 0 Å². The smallest absolute Gasteiger partial charge is 0.306 e. The topological polar surface area (TPSA) is 102 Å². The van der Waals surface area contributed by atoms with Crippen LogP contribution in [0.25, 0.3) is 0 Å². The number of likely N-dealkylation sites (N-methyl/N-ethyl adjacent to an activating group) is 1. The number of carbonyl (C=O) groups is 3. The van der Waals surface area contributed by atoms with Crippen LogP contribution in [-0.4, -0.2) is 75.5 Å². The average molecular weight is 708 g/mol. The molecule has 2 unspecified atom stereocenters. The van der Waals surface area contributed by atoms with E-state index in [2.05, 4.69) is 38.2 Å². The number of aliphatic carboxylic acids is 1. The summed E-state index contributed by atoms with van der Waals surface area (Å²) in [4.78, 5) is 36.7. The summed E-state index contributed by atoms with van der Waals surface area (Å²) in [6.07, 6.45) is 34.8. The van der Waals surface area contributed by atoms with Crippen molar-refractivity contribution in [2.75, 3.05) is 41.0 Å². The second-order valence-electron chi connectivity index (χ2n) is 14.9. The summed E-state index contributed by atoms with van der Waals surface area (Å²) < 4.78 is 17.1. The fourth-order valence-corrected chi connectivity index (χ4v) is 5.82. The van der Waals surface area contributed by atoms with Crippen molar-refractivity contribution in [3.63, 3.8) is 0 Å². The summed E-state index contributed by atoms with van der Waals surface area (Å²) in [5.74, 6) is -1.76. The Hall–Kier alpha value is -2.19. The third-order valence-corrected chi connectivity index (χ3v) is 9.06. The van der Waals surface area contributed by atoms with E-state index in [0.29, 0.717) is 12.8 Å². The predicted molar refractivity (Wildman–Crippen MR) is 204 cm³/mol. The second kappa shape index (κ2) is 33.9. The van der Waals surface area contributed by atoms with E-state index in [1.807, 2.05) is 0 Å². The third kappa shape index (κ3) is 31.8. The molecule has 0 aromatic carbocycles. The maximum Gasteiger partial charge on any atom is 0.306 e. The van der Waals surface area contributed by atoms with Crippen molar-refractivity contribution in [1.29, 1.82) is 0 Å². The van der Waals surface area contributed by atoms with Crippen LogP contribution in [0.3, 0.4) is 0 Å². The van der Waals surface area contributed by atoms with Gasteiger partial charge in [0.25, 0.3) is 0 Å². The van der Waals surface area contributed by atoms with Gasteiger partial charge in [0.05, 0.1) is 40.3 Å². The van der Waals surface area contributed by atoms with Gasteiger partial charge in [-0.3, -0.25) is 9.59 Å². The maximum atomic E-state index is 12.7. The molecule has 8 heteroatoms. The molecule has 0 amide bonds. The predicted octanol–water partition coefficient (Wildman–Crippen LogP) is 9.19. The van der Waals surface area contributed by atoms with Gasteiger partial charge in [0.15, 0.2) is 6.10 Å². The van der Waals surface area contributed by atoms with Gasteiger partial charge in [-0.25, -0.2) is 0 Å².